The molecule has 2 saturated heterocycles. The molecular weight excluding hydrogens is 228 g/mol. The van der Waals surface area contributed by atoms with Crippen molar-refractivity contribution in [2.45, 2.75) is 64.1 Å². The number of nitrogens with one attached hydrogen (secondary N) is 1. The predicted octanol–water partition coefficient (Wildman–Crippen LogP) is 1.54. The molecule has 0 aromatic carbocycles. The maximum atomic E-state index is 11.7. The molecule has 2 unspecified atom stereocenters. The van der Waals surface area contributed by atoms with Gasteiger partial charge in [-0.1, -0.05) is 6.42 Å². The Hall–Kier alpha value is -0.610. The first-order valence-corrected chi connectivity index (χ1v) is 7.15. The van der Waals surface area contributed by atoms with E-state index >= 15 is 0 Å². The second-order valence-electron chi connectivity index (χ2n) is 6.46. The van der Waals surface area contributed by atoms with Crippen LogP contribution in [0.2, 0.25) is 0 Å². The Bertz CT molecular complexity index is 299. The first-order chi connectivity index (χ1) is 8.46. The van der Waals surface area contributed by atoms with Gasteiger partial charge in [-0.25, -0.2) is 0 Å². The zero-order chi connectivity index (χ0) is 13.2. The number of rotatable bonds is 3. The van der Waals surface area contributed by atoms with Crippen LogP contribution >= 0.6 is 0 Å². The quantitative estimate of drug-likeness (QED) is 0.776. The minimum atomic E-state index is -0.384. The van der Waals surface area contributed by atoms with Gasteiger partial charge in [-0.05, 0) is 46.6 Å². The molecule has 1 N–H and O–H groups in total. The molecule has 2 aliphatic heterocycles. The number of fused-ring (bicyclic) bond motifs is 1. The van der Waals surface area contributed by atoms with E-state index in [0.717, 1.165) is 6.42 Å². The molecule has 2 heterocycles. The van der Waals surface area contributed by atoms with Crippen LogP contribution in [0.3, 0.4) is 0 Å². The van der Waals surface area contributed by atoms with Gasteiger partial charge in [-0.15, -0.1) is 0 Å². The molecule has 2 fully saturated rings. The number of esters is 1. The fourth-order valence-electron chi connectivity index (χ4n) is 3.08. The van der Waals surface area contributed by atoms with Crippen LogP contribution in [-0.4, -0.2) is 48.2 Å². The lowest BCUT2D eigenvalue weighted by Gasteiger charge is -2.32. The summed E-state index contributed by atoms with van der Waals surface area (Å²) >= 11 is 0. The van der Waals surface area contributed by atoms with E-state index < -0.39 is 0 Å². The van der Waals surface area contributed by atoms with Crippen molar-refractivity contribution in [1.29, 1.82) is 0 Å². The second-order valence-corrected chi connectivity index (χ2v) is 6.46. The average molecular weight is 254 g/mol. The highest BCUT2D eigenvalue weighted by Gasteiger charge is 2.35. The van der Waals surface area contributed by atoms with Crippen molar-refractivity contribution >= 4 is 5.97 Å². The van der Waals surface area contributed by atoms with E-state index in [1.807, 2.05) is 20.8 Å². The Balaban J connectivity index is 1.75. The molecule has 0 aromatic heterocycles. The number of carbonyl (C=O) groups excluding carboxylic acids is 1. The summed E-state index contributed by atoms with van der Waals surface area (Å²) in [6.45, 7) is 8.47. The van der Waals surface area contributed by atoms with E-state index in [4.69, 9.17) is 4.74 Å². The van der Waals surface area contributed by atoms with Crippen molar-refractivity contribution in [3.8, 4) is 0 Å². The molecule has 104 valence electrons. The van der Waals surface area contributed by atoms with E-state index in [1.54, 1.807) is 0 Å². The second kappa shape index (κ2) is 5.57. The molecule has 0 aromatic rings. The van der Waals surface area contributed by atoms with E-state index in [-0.39, 0.29) is 11.6 Å². The van der Waals surface area contributed by atoms with Crippen LogP contribution in [0, 0.1) is 0 Å². The topological polar surface area (TPSA) is 41.6 Å². The number of piperidine rings is 1. The van der Waals surface area contributed by atoms with Crippen molar-refractivity contribution in [2.75, 3.05) is 19.6 Å². The molecular formula is C14H26N2O2. The smallest absolute Gasteiger partial charge is 0.320 e. The summed E-state index contributed by atoms with van der Waals surface area (Å²) in [7, 11) is 0. The summed E-state index contributed by atoms with van der Waals surface area (Å²) in [5.41, 5.74) is -0.384. The highest BCUT2D eigenvalue weighted by molar-refractivity contribution is 5.72. The number of nitrogens with zero attached hydrogens (tertiary/aromatic N) is 1. The lowest BCUT2D eigenvalue weighted by Crippen LogP contribution is -2.46. The summed E-state index contributed by atoms with van der Waals surface area (Å²) in [5, 5.41) is 3.39. The highest BCUT2D eigenvalue weighted by atomic mass is 16.6. The van der Waals surface area contributed by atoms with Gasteiger partial charge in [-0.3, -0.25) is 9.69 Å². The Morgan fingerprint density at radius 2 is 2.06 bits per heavy atom. The van der Waals surface area contributed by atoms with Gasteiger partial charge >= 0.3 is 5.97 Å². The molecule has 0 spiro atoms. The summed E-state index contributed by atoms with van der Waals surface area (Å²) in [6.07, 6.45) is 5.08. The molecule has 0 radical (unpaired) electrons. The van der Waals surface area contributed by atoms with E-state index in [0.29, 0.717) is 18.6 Å². The van der Waals surface area contributed by atoms with Crippen molar-refractivity contribution in [3.63, 3.8) is 0 Å². The Kier molecular flexibility index (Phi) is 4.28. The lowest BCUT2D eigenvalue weighted by molar-refractivity contribution is -0.153. The molecule has 0 saturated carbocycles. The zero-order valence-corrected chi connectivity index (χ0v) is 11.9. The van der Waals surface area contributed by atoms with Gasteiger partial charge in [0, 0.05) is 18.6 Å². The lowest BCUT2D eigenvalue weighted by atomic mass is 9.99. The van der Waals surface area contributed by atoms with Crippen LogP contribution in [0.5, 0.6) is 0 Å². The predicted molar refractivity (Wildman–Crippen MR) is 71.5 cm³/mol. The normalized spacial score (nSPS) is 29.1. The minimum absolute atomic E-state index is 0.142. The van der Waals surface area contributed by atoms with Crippen LogP contribution in [0.1, 0.15) is 46.5 Å². The molecule has 0 aliphatic carbocycles. The van der Waals surface area contributed by atoms with Crippen molar-refractivity contribution in [2.24, 2.45) is 0 Å². The van der Waals surface area contributed by atoms with E-state index in [1.165, 1.54) is 32.4 Å². The number of ether oxygens (including phenoxy) is 1. The molecule has 2 aliphatic rings. The standard InChI is InChI=1S/C14H26N2O2/c1-14(2,3)18-13(17)10-15-11-7-9-16-8-5-4-6-12(11)16/h11-12,15H,4-10H2,1-3H3. The Morgan fingerprint density at radius 1 is 1.28 bits per heavy atom. The van der Waals surface area contributed by atoms with Crippen LogP contribution in [-0.2, 0) is 9.53 Å². The van der Waals surface area contributed by atoms with Crippen LogP contribution in [0.15, 0.2) is 0 Å². The third kappa shape index (κ3) is 3.69. The Labute approximate surface area is 110 Å². The molecule has 2 atom stereocenters. The maximum Gasteiger partial charge on any atom is 0.320 e. The molecule has 2 rings (SSSR count). The zero-order valence-electron chi connectivity index (χ0n) is 11.9. The first kappa shape index (κ1) is 13.8. The van der Waals surface area contributed by atoms with Crippen LogP contribution in [0.25, 0.3) is 0 Å². The molecule has 18 heavy (non-hydrogen) atoms. The van der Waals surface area contributed by atoms with Gasteiger partial charge in [0.1, 0.15) is 5.60 Å². The van der Waals surface area contributed by atoms with Crippen molar-refractivity contribution in [1.82, 2.24) is 10.2 Å². The number of hydrogen-bond donors (Lipinski definition) is 1. The fraction of sp³-hybridized carbons (Fsp3) is 0.929. The monoisotopic (exact) mass is 254 g/mol. The van der Waals surface area contributed by atoms with E-state index in [2.05, 4.69) is 10.2 Å². The minimum Gasteiger partial charge on any atom is -0.459 e. The largest absolute Gasteiger partial charge is 0.459 e. The summed E-state index contributed by atoms with van der Waals surface area (Å²) < 4.78 is 5.32. The number of carbonyl (C=O) groups is 1. The third-order valence-corrected chi connectivity index (χ3v) is 3.78. The van der Waals surface area contributed by atoms with E-state index in [9.17, 15) is 4.79 Å². The summed E-state index contributed by atoms with van der Waals surface area (Å²) in [5.74, 6) is -0.142. The third-order valence-electron chi connectivity index (χ3n) is 3.78. The molecule has 4 heteroatoms. The highest BCUT2D eigenvalue weighted by Crippen LogP contribution is 2.26. The van der Waals surface area contributed by atoms with Crippen LogP contribution < -0.4 is 5.32 Å². The van der Waals surface area contributed by atoms with Gasteiger partial charge < -0.3 is 10.1 Å². The Morgan fingerprint density at radius 3 is 2.78 bits per heavy atom. The molecule has 0 bridgehead atoms. The van der Waals surface area contributed by atoms with Gasteiger partial charge in [0.15, 0.2) is 0 Å². The summed E-state index contributed by atoms with van der Waals surface area (Å²) in [4.78, 5) is 14.2. The average Bonchev–Trinajstić information content (AvgIpc) is 2.67. The first-order valence-electron chi connectivity index (χ1n) is 7.15. The number of hydrogen-bond acceptors (Lipinski definition) is 4. The van der Waals surface area contributed by atoms with Gasteiger partial charge in [0.25, 0.3) is 0 Å². The van der Waals surface area contributed by atoms with Gasteiger partial charge in [-0.2, -0.15) is 0 Å². The fourth-order valence-corrected chi connectivity index (χ4v) is 3.08. The molecule has 0 amide bonds. The SMILES string of the molecule is CC(C)(C)OC(=O)CNC1CCN2CCCCC12. The van der Waals surface area contributed by atoms with Crippen molar-refractivity contribution in [3.05, 3.63) is 0 Å². The van der Waals surface area contributed by atoms with Gasteiger partial charge in [0.05, 0.1) is 6.54 Å². The maximum absolute atomic E-state index is 11.7. The van der Waals surface area contributed by atoms with Crippen molar-refractivity contribution < 1.29 is 9.53 Å². The van der Waals surface area contributed by atoms with Crippen LogP contribution in [0.4, 0.5) is 0 Å². The summed E-state index contributed by atoms with van der Waals surface area (Å²) in [6, 6.07) is 1.11. The van der Waals surface area contributed by atoms with Gasteiger partial charge in [0.2, 0.25) is 0 Å². The molecule has 4 nitrogen and oxygen atoms in total.